The SMILES string of the molecule is CC(NC(=O)c1cc(N)nc(Cl)c1)C(=O)NC1CC1. The van der Waals surface area contributed by atoms with E-state index >= 15 is 0 Å². The summed E-state index contributed by atoms with van der Waals surface area (Å²) < 4.78 is 0. The topological polar surface area (TPSA) is 97.1 Å². The molecule has 6 nitrogen and oxygen atoms in total. The Balaban J connectivity index is 1.97. The van der Waals surface area contributed by atoms with Crippen LogP contribution < -0.4 is 16.4 Å². The standard InChI is InChI=1S/C12H15ClN4O2/c1-6(11(18)16-8-2-3-8)15-12(19)7-4-9(13)17-10(14)5-7/h4-6,8H,2-3H2,1H3,(H2,14,17)(H,15,19)(H,16,18). The zero-order valence-corrected chi connectivity index (χ0v) is 11.2. The predicted molar refractivity (Wildman–Crippen MR) is 71.8 cm³/mol. The first-order chi connectivity index (χ1) is 8.95. The number of hydrogen-bond donors (Lipinski definition) is 3. The Kier molecular flexibility index (Phi) is 3.90. The first kappa shape index (κ1) is 13.6. The van der Waals surface area contributed by atoms with Gasteiger partial charge >= 0.3 is 0 Å². The van der Waals surface area contributed by atoms with E-state index in [-0.39, 0.29) is 28.5 Å². The minimum atomic E-state index is -0.610. The normalized spacial score (nSPS) is 15.7. The third-order valence-corrected chi connectivity index (χ3v) is 2.93. The molecule has 1 saturated carbocycles. The molecule has 4 N–H and O–H groups in total. The summed E-state index contributed by atoms with van der Waals surface area (Å²) in [6, 6.07) is 2.46. The highest BCUT2D eigenvalue weighted by Crippen LogP contribution is 2.18. The zero-order chi connectivity index (χ0) is 14.0. The fourth-order valence-electron chi connectivity index (χ4n) is 1.55. The van der Waals surface area contributed by atoms with E-state index in [1.165, 1.54) is 12.1 Å². The first-order valence-electron chi connectivity index (χ1n) is 6.00. The average molecular weight is 283 g/mol. The van der Waals surface area contributed by atoms with Gasteiger partial charge in [-0.1, -0.05) is 11.6 Å². The lowest BCUT2D eigenvalue weighted by atomic mass is 10.2. The molecule has 0 saturated heterocycles. The van der Waals surface area contributed by atoms with Crippen LogP contribution in [0, 0.1) is 0 Å². The Morgan fingerprint density at radius 3 is 2.74 bits per heavy atom. The molecule has 102 valence electrons. The summed E-state index contributed by atoms with van der Waals surface area (Å²) >= 11 is 5.72. The van der Waals surface area contributed by atoms with Crippen molar-refractivity contribution in [2.45, 2.75) is 31.8 Å². The summed E-state index contributed by atoms with van der Waals surface area (Å²) in [5.74, 6) is -0.439. The maximum atomic E-state index is 11.9. The van der Waals surface area contributed by atoms with E-state index in [1.54, 1.807) is 6.92 Å². The molecule has 1 aliphatic carbocycles. The van der Waals surface area contributed by atoms with Crippen LogP contribution in [0.1, 0.15) is 30.1 Å². The van der Waals surface area contributed by atoms with Gasteiger partial charge in [-0.15, -0.1) is 0 Å². The van der Waals surface area contributed by atoms with Gasteiger partial charge in [0.1, 0.15) is 17.0 Å². The highest BCUT2D eigenvalue weighted by molar-refractivity contribution is 6.29. The Morgan fingerprint density at radius 1 is 1.47 bits per heavy atom. The van der Waals surface area contributed by atoms with Crippen LogP contribution in [0.5, 0.6) is 0 Å². The average Bonchev–Trinajstić information content (AvgIpc) is 3.11. The fraction of sp³-hybridized carbons (Fsp3) is 0.417. The molecule has 1 fully saturated rings. The second-order valence-corrected chi connectivity index (χ2v) is 4.97. The van der Waals surface area contributed by atoms with Gasteiger partial charge in [0.25, 0.3) is 5.91 Å². The van der Waals surface area contributed by atoms with Crippen LogP contribution in [0.25, 0.3) is 0 Å². The number of pyridine rings is 1. The highest BCUT2D eigenvalue weighted by atomic mass is 35.5. The first-order valence-corrected chi connectivity index (χ1v) is 6.38. The molecule has 0 bridgehead atoms. The lowest BCUT2D eigenvalue weighted by molar-refractivity contribution is -0.122. The largest absolute Gasteiger partial charge is 0.384 e. The van der Waals surface area contributed by atoms with Crippen LogP contribution in [-0.4, -0.2) is 28.9 Å². The molecular weight excluding hydrogens is 268 g/mol. The van der Waals surface area contributed by atoms with Crippen molar-refractivity contribution in [2.75, 3.05) is 5.73 Å². The van der Waals surface area contributed by atoms with E-state index in [9.17, 15) is 9.59 Å². The number of carbonyl (C=O) groups excluding carboxylic acids is 2. The number of rotatable bonds is 4. The summed E-state index contributed by atoms with van der Waals surface area (Å²) in [6.07, 6.45) is 2.01. The Labute approximate surface area is 115 Å². The van der Waals surface area contributed by atoms with Gasteiger partial charge in [-0.05, 0) is 31.9 Å². The molecule has 1 aromatic rings. The van der Waals surface area contributed by atoms with E-state index in [0.717, 1.165) is 12.8 Å². The Morgan fingerprint density at radius 2 is 2.16 bits per heavy atom. The summed E-state index contributed by atoms with van der Waals surface area (Å²) in [5, 5.41) is 5.55. The molecule has 2 amide bonds. The third-order valence-electron chi connectivity index (χ3n) is 2.74. The summed E-state index contributed by atoms with van der Waals surface area (Å²) in [7, 11) is 0. The zero-order valence-electron chi connectivity index (χ0n) is 10.4. The maximum Gasteiger partial charge on any atom is 0.252 e. The molecule has 2 rings (SSSR count). The number of nitrogens with two attached hydrogens (primary N) is 1. The predicted octanol–water partition coefficient (Wildman–Crippen LogP) is 0.714. The second kappa shape index (κ2) is 5.44. The van der Waals surface area contributed by atoms with Gasteiger partial charge in [-0.2, -0.15) is 0 Å². The molecule has 1 heterocycles. The second-order valence-electron chi connectivity index (χ2n) is 4.58. The van der Waals surface area contributed by atoms with Crippen molar-refractivity contribution in [3.05, 3.63) is 22.8 Å². The van der Waals surface area contributed by atoms with Gasteiger partial charge < -0.3 is 16.4 Å². The van der Waals surface area contributed by atoms with Crippen molar-refractivity contribution < 1.29 is 9.59 Å². The summed E-state index contributed by atoms with van der Waals surface area (Å²) in [4.78, 5) is 27.4. The van der Waals surface area contributed by atoms with E-state index in [1.807, 2.05) is 0 Å². The van der Waals surface area contributed by atoms with Crippen molar-refractivity contribution >= 4 is 29.2 Å². The minimum Gasteiger partial charge on any atom is -0.384 e. The van der Waals surface area contributed by atoms with Gasteiger partial charge in [-0.3, -0.25) is 9.59 Å². The summed E-state index contributed by atoms with van der Waals surface area (Å²) in [5.41, 5.74) is 5.79. The lowest BCUT2D eigenvalue weighted by Gasteiger charge is -2.14. The van der Waals surface area contributed by atoms with E-state index in [4.69, 9.17) is 17.3 Å². The van der Waals surface area contributed by atoms with Crippen LogP contribution in [0.15, 0.2) is 12.1 Å². The molecule has 19 heavy (non-hydrogen) atoms. The number of hydrogen-bond acceptors (Lipinski definition) is 4. The number of aromatic nitrogens is 1. The van der Waals surface area contributed by atoms with Gasteiger partial charge in [0.15, 0.2) is 0 Å². The molecule has 1 atom stereocenters. The molecule has 0 aliphatic heterocycles. The van der Waals surface area contributed by atoms with Crippen LogP contribution >= 0.6 is 11.6 Å². The van der Waals surface area contributed by atoms with Crippen LogP contribution in [0.4, 0.5) is 5.82 Å². The minimum absolute atomic E-state index is 0.139. The van der Waals surface area contributed by atoms with E-state index < -0.39 is 11.9 Å². The smallest absolute Gasteiger partial charge is 0.252 e. The summed E-state index contributed by atoms with van der Waals surface area (Å²) in [6.45, 7) is 1.63. The number of nitrogens with one attached hydrogen (secondary N) is 2. The number of amides is 2. The van der Waals surface area contributed by atoms with Crippen molar-refractivity contribution in [3.63, 3.8) is 0 Å². The number of nitrogen functional groups attached to an aromatic ring is 1. The van der Waals surface area contributed by atoms with Crippen LogP contribution in [0.3, 0.4) is 0 Å². The lowest BCUT2D eigenvalue weighted by Crippen LogP contribution is -2.45. The van der Waals surface area contributed by atoms with Crippen molar-refractivity contribution in [3.8, 4) is 0 Å². The fourth-order valence-corrected chi connectivity index (χ4v) is 1.76. The molecule has 7 heteroatoms. The molecule has 0 spiro atoms. The highest BCUT2D eigenvalue weighted by Gasteiger charge is 2.26. The molecular formula is C12H15ClN4O2. The van der Waals surface area contributed by atoms with Gasteiger partial charge in [0.2, 0.25) is 5.91 Å². The molecule has 0 radical (unpaired) electrons. The van der Waals surface area contributed by atoms with Gasteiger partial charge in [-0.25, -0.2) is 4.98 Å². The number of nitrogens with zero attached hydrogens (tertiary/aromatic N) is 1. The number of halogens is 1. The third kappa shape index (κ3) is 3.82. The number of carbonyl (C=O) groups is 2. The number of anilines is 1. The monoisotopic (exact) mass is 282 g/mol. The van der Waals surface area contributed by atoms with Gasteiger partial charge in [0, 0.05) is 11.6 Å². The van der Waals surface area contributed by atoms with Crippen molar-refractivity contribution in [1.82, 2.24) is 15.6 Å². The van der Waals surface area contributed by atoms with E-state index in [0.29, 0.717) is 0 Å². The van der Waals surface area contributed by atoms with Crippen LogP contribution in [0.2, 0.25) is 5.15 Å². The van der Waals surface area contributed by atoms with E-state index in [2.05, 4.69) is 15.6 Å². The quantitative estimate of drug-likeness (QED) is 0.709. The molecule has 0 aromatic carbocycles. The molecule has 1 aliphatic rings. The van der Waals surface area contributed by atoms with Gasteiger partial charge in [0.05, 0.1) is 0 Å². The van der Waals surface area contributed by atoms with Crippen molar-refractivity contribution in [1.29, 1.82) is 0 Å². The Hall–Kier alpha value is -1.82. The molecule has 1 aromatic heterocycles. The maximum absolute atomic E-state index is 11.9. The van der Waals surface area contributed by atoms with Crippen molar-refractivity contribution in [2.24, 2.45) is 0 Å². The van der Waals surface area contributed by atoms with Crippen LogP contribution in [-0.2, 0) is 4.79 Å². The molecule has 1 unspecified atom stereocenters. The Bertz CT molecular complexity index is 496.